The first kappa shape index (κ1) is 13.9. The minimum Gasteiger partial charge on any atom is -0.467 e. The highest BCUT2D eigenvalue weighted by molar-refractivity contribution is 5.79. The van der Waals surface area contributed by atoms with Gasteiger partial charge in [0.2, 0.25) is 5.91 Å². The van der Waals surface area contributed by atoms with Gasteiger partial charge in [-0.15, -0.1) is 0 Å². The van der Waals surface area contributed by atoms with Crippen molar-refractivity contribution in [3.63, 3.8) is 0 Å². The van der Waals surface area contributed by atoms with Crippen molar-refractivity contribution in [3.8, 4) is 0 Å². The molecule has 1 N–H and O–H groups in total. The summed E-state index contributed by atoms with van der Waals surface area (Å²) < 4.78 is 5.24. The molecule has 2 aromatic rings. The number of carbonyl (C=O) groups is 1. The minimum atomic E-state index is -0.725. The highest BCUT2D eigenvalue weighted by Crippen LogP contribution is 2.35. The normalized spacial score (nSPS) is 21.5. The molecule has 0 radical (unpaired) electrons. The summed E-state index contributed by atoms with van der Waals surface area (Å²) in [5, 5.41) is 10.3. The van der Waals surface area contributed by atoms with Crippen LogP contribution in [-0.4, -0.2) is 22.5 Å². The number of hydrogen-bond acceptors (Lipinski definition) is 3. The molecule has 4 heteroatoms. The van der Waals surface area contributed by atoms with Crippen LogP contribution >= 0.6 is 0 Å². The van der Waals surface area contributed by atoms with Gasteiger partial charge in [0.05, 0.1) is 12.3 Å². The Hall–Kier alpha value is -2.07. The van der Waals surface area contributed by atoms with Gasteiger partial charge >= 0.3 is 0 Å². The van der Waals surface area contributed by atoms with E-state index in [0.29, 0.717) is 18.7 Å². The summed E-state index contributed by atoms with van der Waals surface area (Å²) in [4.78, 5) is 14.1. The van der Waals surface area contributed by atoms with Gasteiger partial charge in [-0.05, 0) is 24.6 Å². The highest BCUT2D eigenvalue weighted by atomic mass is 16.4. The molecule has 1 fully saturated rings. The second kappa shape index (κ2) is 5.74. The lowest BCUT2D eigenvalue weighted by Crippen LogP contribution is -2.29. The van der Waals surface area contributed by atoms with E-state index in [-0.39, 0.29) is 17.9 Å². The molecule has 110 valence electrons. The predicted molar refractivity (Wildman–Crippen MR) is 78.3 cm³/mol. The zero-order valence-electron chi connectivity index (χ0n) is 12.0. The fraction of sp³-hybridized carbons (Fsp3) is 0.353. The van der Waals surface area contributed by atoms with Crippen LogP contribution in [-0.2, 0) is 4.79 Å². The van der Waals surface area contributed by atoms with Gasteiger partial charge < -0.3 is 14.4 Å². The van der Waals surface area contributed by atoms with E-state index < -0.39 is 6.10 Å². The Morgan fingerprint density at radius 2 is 2.00 bits per heavy atom. The number of amides is 1. The standard InChI is InChI=1S/C17H19NO3/c1-12(13-6-3-2-4-7-13)18-11-14(10-16(18)19)17(20)15-8-5-9-21-15/h2-9,12,14,17,20H,10-11H2,1H3/t12?,14?,17-/m1/s1. The quantitative estimate of drug-likeness (QED) is 0.939. The van der Waals surface area contributed by atoms with Crippen LogP contribution in [0.2, 0.25) is 0 Å². The van der Waals surface area contributed by atoms with Crippen LogP contribution in [0, 0.1) is 5.92 Å². The fourth-order valence-electron chi connectivity index (χ4n) is 2.95. The van der Waals surface area contributed by atoms with Crippen LogP contribution in [0.25, 0.3) is 0 Å². The first-order chi connectivity index (χ1) is 10.2. The molecule has 1 aromatic heterocycles. The van der Waals surface area contributed by atoms with Gasteiger partial charge in [0.15, 0.2) is 0 Å². The van der Waals surface area contributed by atoms with E-state index in [2.05, 4.69) is 0 Å². The molecule has 0 aliphatic carbocycles. The molecule has 4 nitrogen and oxygen atoms in total. The molecule has 0 bridgehead atoms. The molecule has 2 heterocycles. The minimum absolute atomic E-state index is 0.0208. The third-order valence-corrected chi connectivity index (χ3v) is 4.22. The van der Waals surface area contributed by atoms with Crippen molar-refractivity contribution in [2.45, 2.75) is 25.5 Å². The van der Waals surface area contributed by atoms with E-state index in [1.807, 2.05) is 42.2 Å². The Bertz CT molecular complexity index is 594. The Kier molecular flexibility index (Phi) is 3.80. The lowest BCUT2D eigenvalue weighted by atomic mass is 9.99. The van der Waals surface area contributed by atoms with Gasteiger partial charge in [-0.1, -0.05) is 30.3 Å². The average molecular weight is 285 g/mol. The molecule has 3 atom stereocenters. The first-order valence-electron chi connectivity index (χ1n) is 7.22. The Labute approximate surface area is 124 Å². The summed E-state index contributed by atoms with van der Waals surface area (Å²) in [5.74, 6) is 0.499. The second-order valence-corrected chi connectivity index (χ2v) is 5.56. The Morgan fingerprint density at radius 1 is 1.24 bits per heavy atom. The van der Waals surface area contributed by atoms with Crippen molar-refractivity contribution in [2.75, 3.05) is 6.54 Å². The smallest absolute Gasteiger partial charge is 0.223 e. The van der Waals surface area contributed by atoms with E-state index in [1.165, 1.54) is 0 Å². The van der Waals surface area contributed by atoms with Crippen molar-refractivity contribution >= 4 is 5.91 Å². The zero-order valence-corrected chi connectivity index (χ0v) is 12.0. The van der Waals surface area contributed by atoms with Crippen LogP contribution in [0.15, 0.2) is 53.1 Å². The topological polar surface area (TPSA) is 53.7 Å². The lowest BCUT2D eigenvalue weighted by Gasteiger charge is -2.25. The van der Waals surface area contributed by atoms with Gasteiger partial charge in [-0.2, -0.15) is 0 Å². The summed E-state index contributed by atoms with van der Waals surface area (Å²) in [6, 6.07) is 13.5. The molecule has 1 aliphatic rings. The third kappa shape index (κ3) is 2.72. The fourth-order valence-corrected chi connectivity index (χ4v) is 2.95. The van der Waals surface area contributed by atoms with Crippen LogP contribution in [0.4, 0.5) is 0 Å². The monoisotopic (exact) mass is 285 g/mol. The van der Waals surface area contributed by atoms with Gasteiger partial charge in [0.1, 0.15) is 11.9 Å². The number of nitrogens with zero attached hydrogens (tertiary/aromatic N) is 1. The molecule has 1 saturated heterocycles. The largest absolute Gasteiger partial charge is 0.467 e. The number of carbonyl (C=O) groups excluding carboxylic acids is 1. The van der Waals surface area contributed by atoms with Crippen LogP contribution in [0.5, 0.6) is 0 Å². The number of rotatable bonds is 4. The number of aliphatic hydroxyl groups excluding tert-OH is 1. The van der Waals surface area contributed by atoms with Crippen LogP contribution in [0.1, 0.15) is 36.8 Å². The summed E-state index contributed by atoms with van der Waals surface area (Å²) in [6.07, 6.45) is 1.18. The number of furan rings is 1. The second-order valence-electron chi connectivity index (χ2n) is 5.56. The maximum atomic E-state index is 12.3. The molecule has 0 spiro atoms. The van der Waals surface area contributed by atoms with Crippen molar-refractivity contribution in [1.29, 1.82) is 0 Å². The van der Waals surface area contributed by atoms with E-state index in [1.54, 1.807) is 18.4 Å². The third-order valence-electron chi connectivity index (χ3n) is 4.22. The van der Waals surface area contributed by atoms with E-state index in [9.17, 15) is 9.90 Å². The first-order valence-corrected chi connectivity index (χ1v) is 7.22. The van der Waals surface area contributed by atoms with Crippen molar-refractivity contribution < 1.29 is 14.3 Å². The molecule has 2 unspecified atom stereocenters. The zero-order chi connectivity index (χ0) is 14.8. The Balaban J connectivity index is 1.73. The molecule has 21 heavy (non-hydrogen) atoms. The number of hydrogen-bond donors (Lipinski definition) is 1. The summed E-state index contributed by atoms with van der Waals surface area (Å²) in [7, 11) is 0. The van der Waals surface area contributed by atoms with Crippen molar-refractivity contribution in [1.82, 2.24) is 4.90 Å². The molecule has 1 aromatic carbocycles. The van der Waals surface area contributed by atoms with E-state index in [4.69, 9.17) is 4.42 Å². The highest BCUT2D eigenvalue weighted by Gasteiger charge is 2.38. The maximum Gasteiger partial charge on any atom is 0.223 e. The molecule has 3 rings (SSSR count). The molecule has 1 aliphatic heterocycles. The molecular formula is C17H19NO3. The maximum absolute atomic E-state index is 12.3. The number of likely N-dealkylation sites (tertiary alicyclic amines) is 1. The number of benzene rings is 1. The summed E-state index contributed by atoms with van der Waals surface area (Å²) >= 11 is 0. The van der Waals surface area contributed by atoms with Gasteiger partial charge in [-0.25, -0.2) is 0 Å². The average Bonchev–Trinajstić information content (AvgIpc) is 3.16. The summed E-state index contributed by atoms with van der Waals surface area (Å²) in [5.41, 5.74) is 1.11. The van der Waals surface area contributed by atoms with Crippen molar-refractivity contribution in [3.05, 3.63) is 60.1 Å². The van der Waals surface area contributed by atoms with Crippen LogP contribution < -0.4 is 0 Å². The lowest BCUT2D eigenvalue weighted by molar-refractivity contribution is -0.129. The van der Waals surface area contributed by atoms with Gasteiger partial charge in [0, 0.05) is 18.9 Å². The molecule has 0 saturated carbocycles. The van der Waals surface area contributed by atoms with Crippen molar-refractivity contribution in [2.24, 2.45) is 5.92 Å². The SMILES string of the molecule is CC(c1ccccc1)N1CC([C@@H](O)c2ccco2)CC1=O. The predicted octanol–water partition coefficient (Wildman–Crippen LogP) is 2.92. The number of aliphatic hydroxyl groups is 1. The van der Waals surface area contributed by atoms with Gasteiger partial charge in [0.25, 0.3) is 0 Å². The molecular weight excluding hydrogens is 266 g/mol. The summed E-state index contributed by atoms with van der Waals surface area (Å²) in [6.45, 7) is 2.58. The van der Waals surface area contributed by atoms with Gasteiger partial charge in [-0.3, -0.25) is 4.79 Å². The van der Waals surface area contributed by atoms with E-state index >= 15 is 0 Å². The molecule has 1 amide bonds. The Morgan fingerprint density at radius 3 is 2.67 bits per heavy atom. The van der Waals surface area contributed by atoms with E-state index in [0.717, 1.165) is 5.56 Å². The van der Waals surface area contributed by atoms with Crippen LogP contribution in [0.3, 0.4) is 0 Å².